The van der Waals surface area contributed by atoms with E-state index in [4.69, 9.17) is 0 Å². The number of allylic oxidation sites excluding steroid dienone is 4. The third kappa shape index (κ3) is 3.26. The molecule has 0 aromatic heterocycles. The summed E-state index contributed by atoms with van der Waals surface area (Å²) in [5.41, 5.74) is 0. The predicted octanol–water partition coefficient (Wildman–Crippen LogP) is 4.18. The first-order chi connectivity index (χ1) is 5.91. The SMILES string of the molecule is C=C(F)/C(F)=C(SC)\C(F)=C(/C)F. The first-order valence-electron chi connectivity index (χ1n) is 3.22. The number of thioether (sulfide) groups is 1. The molecule has 13 heavy (non-hydrogen) atoms. The molecule has 0 aliphatic rings. The Morgan fingerprint density at radius 2 is 1.54 bits per heavy atom. The van der Waals surface area contributed by atoms with Crippen molar-refractivity contribution in [3.05, 3.63) is 34.8 Å². The fraction of sp³-hybridized carbons (Fsp3) is 0.250. The maximum atomic E-state index is 12.8. The number of halogens is 4. The first kappa shape index (κ1) is 12.3. The van der Waals surface area contributed by atoms with Gasteiger partial charge in [0.05, 0.1) is 4.91 Å². The number of hydrogen-bond acceptors (Lipinski definition) is 1. The van der Waals surface area contributed by atoms with Gasteiger partial charge in [-0.25, -0.2) is 17.6 Å². The second kappa shape index (κ2) is 5.11. The highest BCUT2D eigenvalue weighted by Gasteiger charge is 2.16. The maximum absolute atomic E-state index is 12.8. The Morgan fingerprint density at radius 1 is 1.08 bits per heavy atom. The van der Waals surface area contributed by atoms with Crippen LogP contribution < -0.4 is 0 Å². The Hall–Kier alpha value is -0.710. The van der Waals surface area contributed by atoms with Crippen LogP contribution in [0.2, 0.25) is 0 Å². The van der Waals surface area contributed by atoms with Crippen LogP contribution in [0, 0.1) is 0 Å². The van der Waals surface area contributed by atoms with Gasteiger partial charge in [0.2, 0.25) is 0 Å². The fourth-order valence-electron chi connectivity index (χ4n) is 0.555. The van der Waals surface area contributed by atoms with Crippen LogP contribution in [0.3, 0.4) is 0 Å². The smallest absolute Gasteiger partial charge is 0.174 e. The van der Waals surface area contributed by atoms with Gasteiger partial charge in [-0.3, -0.25) is 0 Å². The molecule has 0 nitrogen and oxygen atoms in total. The van der Waals surface area contributed by atoms with Gasteiger partial charge >= 0.3 is 0 Å². The van der Waals surface area contributed by atoms with Crippen LogP contribution >= 0.6 is 11.8 Å². The molecule has 0 unspecified atom stereocenters. The average molecular weight is 212 g/mol. The van der Waals surface area contributed by atoms with Gasteiger partial charge < -0.3 is 0 Å². The minimum absolute atomic E-state index is 0.574. The zero-order chi connectivity index (χ0) is 10.6. The van der Waals surface area contributed by atoms with E-state index in [2.05, 4.69) is 6.58 Å². The Labute approximate surface area is 78.0 Å². The van der Waals surface area contributed by atoms with Crippen LogP contribution in [0.5, 0.6) is 0 Å². The van der Waals surface area contributed by atoms with Crippen molar-refractivity contribution in [1.29, 1.82) is 0 Å². The molecule has 0 bridgehead atoms. The van der Waals surface area contributed by atoms with Crippen molar-refractivity contribution >= 4 is 11.8 Å². The molecule has 0 aromatic carbocycles. The van der Waals surface area contributed by atoms with Gasteiger partial charge in [-0.2, -0.15) is 0 Å². The van der Waals surface area contributed by atoms with Gasteiger partial charge in [0, 0.05) is 0 Å². The van der Waals surface area contributed by atoms with Crippen LogP contribution in [0.1, 0.15) is 6.92 Å². The lowest BCUT2D eigenvalue weighted by molar-refractivity contribution is 0.522. The topological polar surface area (TPSA) is 0 Å². The molecule has 0 spiro atoms. The van der Waals surface area contributed by atoms with E-state index < -0.39 is 28.2 Å². The van der Waals surface area contributed by atoms with E-state index >= 15 is 0 Å². The molecule has 0 amide bonds. The Bertz CT molecular complexity index is 274. The molecule has 0 aliphatic heterocycles. The monoisotopic (exact) mass is 212 g/mol. The van der Waals surface area contributed by atoms with E-state index in [1.54, 1.807) is 0 Å². The molecule has 0 N–H and O–H groups in total. The highest BCUT2D eigenvalue weighted by Crippen LogP contribution is 2.32. The van der Waals surface area contributed by atoms with Gasteiger partial charge in [0.25, 0.3) is 0 Å². The lowest BCUT2D eigenvalue weighted by atomic mass is 10.3. The van der Waals surface area contributed by atoms with Gasteiger partial charge in [-0.15, -0.1) is 11.8 Å². The zero-order valence-electron chi connectivity index (χ0n) is 7.13. The summed E-state index contributed by atoms with van der Waals surface area (Å²) in [6.45, 7) is 3.46. The van der Waals surface area contributed by atoms with Crippen molar-refractivity contribution in [2.24, 2.45) is 0 Å². The van der Waals surface area contributed by atoms with E-state index in [0.29, 0.717) is 11.8 Å². The molecule has 0 saturated heterocycles. The van der Waals surface area contributed by atoms with Gasteiger partial charge in [0.1, 0.15) is 5.83 Å². The van der Waals surface area contributed by atoms with Crippen LogP contribution in [-0.4, -0.2) is 6.26 Å². The maximum Gasteiger partial charge on any atom is 0.174 e. The molecule has 0 heterocycles. The van der Waals surface area contributed by atoms with E-state index in [1.165, 1.54) is 6.26 Å². The lowest BCUT2D eigenvalue weighted by Gasteiger charge is -2.02. The summed E-state index contributed by atoms with van der Waals surface area (Å²) in [6, 6.07) is 0. The van der Waals surface area contributed by atoms with Crippen molar-refractivity contribution in [2.45, 2.75) is 6.92 Å². The molecule has 0 aliphatic carbocycles. The molecule has 0 atom stereocenters. The molecule has 5 heteroatoms. The molecule has 74 valence electrons. The van der Waals surface area contributed by atoms with Crippen LogP contribution in [0.15, 0.2) is 34.8 Å². The Balaban J connectivity index is 5.25. The standard InChI is InChI=1S/C8H8F4S/c1-4(9)6(11)8(13-3)7(12)5(2)10/h1H2,2-3H3/b7-5-,8-6-. The normalized spacial score (nSPS) is 14.9. The van der Waals surface area contributed by atoms with Crippen molar-refractivity contribution in [2.75, 3.05) is 6.26 Å². The van der Waals surface area contributed by atoms with Crippen molar-refractivity contribution < 1.29 is 17.6 Å². The van der Waals surface area contributed by atoms with Crippen LogP contribution in [-0.2, 0) is 0 Å². The highest BCUT2D eigenvalue weighted by atomic mass is 32.2. The molecular formula is C8H8F4S. The number of hydrogen-bond donors (Lipinski definition) is 0. The summed E-state index contributed by atoms with van der Waals surface area (Å²) in [7, 11) is 0. The van der Waals surface area contributed by atoms with E-state index in [-0.39, 0.29) is 0 Å². The Kier molecular flexibility index (Phi) is 4.83. The second-order valence-electron chi connectivity index (χ2n) is 2.10. The summed E-state index contributed by atoms with van der Waals surface area (Å²) < 4.78 is 50.0. The summed E-state index contributed by atoms with van der Waals surface area (Å²) in [5, 5.41) is 0. The van der Waals surface area contributed by atoms with Gasteiger partial charge in [0.15, 0.2) is 17.5 Å². The molecule has 0 radical (unpaired) electrons. The summed E-state index contributed by atoms with van der Waals surface area (Å²) in [5.74, 6) is -5.48. The van der Waals surface area contributed by atoms with Gasteiger partial charge in [-0.05, 0) is 13.2 Å². The first-order valence-corrected chi connectivity index (χ1v) is 4.45. The summed E-state index contributed by atoms with van der Waals surface area (Å²) >= 11 is 0.574. The number of rotatable bonds is 3. The minimum Gasteiger partial charge on any atom is -0.209 e. The van der Waals surface area contributed by atoms with Crippen molar-refractivity contribution in [3.8, 4) is 0 Å². The van der Waals surface area contributed by atoms with E-state index in [1.807, 2.05) is 0 Å². The molecular weight excluding hydrogens is 204 g/mol. The quantitative estimate of drug-likeness (QED) is 0.499. The second-order valence-corrected chi connectivity index (χ2v) is 2.92. The third-order valence-corrected chi connectivity index (χ3v) is 1.91. The van der Waals surface area contributed by atoms with Crippen molar-refractivity contribution in [3.63, 3.8) is 0 Å². The Morgan fingerprint density at radius 3 is 1.77 bits per heavy atom. The van der Waals surface area contributed by atoms with Crippen molar-refractivity contribution in [1.82, 2.24) is 0 Å². The molecule has 0 fully saturated rings. The minimum atomic E-state index is -1.47. The fourth-order valence-corrected chi connectivity index (χ4v) is 1.17. The van der Waals surface area contributed by atoms with Crippen LogP contribution in [0.4, 0.5) is 17.6 Å². The summed E-state index contributed by atoms with van der Waals surface area (Å²) in [6.07, 6.45) is 1.31. The largest absolute Gasteiger partial charge is 0.209 e. The zero-order valence-corrected chi connectivity index (χ0v) is 7.94. The molecule has 0 rings (SSSR count). The average Bonchev–Trinajstić information content (AvgIpc) is 2.04. The van der Waals surface area contributed by atoms with Crippen LogP contribution in [0.25, 0.3) is 0 Å². The molecule has 0 saturated carbocycles. The molecule has 0 aromatic rings. The third-order valence-electron chi connectivity index (χ3n) is 1.14. The predicted molar refractivity (Wildman–Crippen MR) is 46.8 cm³/mol. The van der Waals surface area contributed by atoms with E-state index in [0.717, 1.165) is 6.92 Å². The van der Waals surface area contributed by atoms with E-state index in [9.17, 15) is 17.6 Å². The summed E-state index contributed by atoms with van der Waals surface area (Å²) in [4.78, 5) is -0.715. The highest BCUT2D eigenvalue weighted by molar-refractivity contribution is 8.02. The lowest BCUT2D eigenvalue weighted by Crippen LogP contribution is -1.86. The van der Waals surface area contributed by atoms with Gasteiger partial charge in [-0.1, -0.05) is 6.58 Å².